The second-order valence-corrected chi connectivity index (χ2v) is 7.44. The number of ether oxygens (including phenoxy) is 2. The second kappa shape index (κ2) is 9.71. The quantitative estimate of drug-likeness (QED) is 0.417. The Morgan fingerprint density at radius 3 is 2.38 bits per heavy atom. The van der Waals surface area contributed by atoms with Gasteiger partial charge in [0.05, 0.1) is 16.6 Å². The Kier molecular flexibility index (Phi) is 7.63. The van der Waals surface area contributed by atoms with E-state index in [9.17, 15) is 9.59 Å². The van der Waals surface area contributed by atoms with Crippen LogP contribution in [-0.4, -0.2) is 18.9 Å². The molecule has 0 fully saturated rings. The summed E-state index contributed by atoms with van der Waals surface area (Å²) in [6, 6.07) is 15.2. The monoisotopic (exact) mass is 466 g/mol. The SMILES string of the molecule is COc1ccc([C@H](C)C(=O)C[C@@H](C)C(=O)OCc2ccccc2)cc1I. The van der Waals surface area contributed by atoms with Crippen molar-refractivity contribution in [2.24, 2.45) is 5.92 Å². The minimum absolute atomic E-state index is 0.0233. The first-order valence-corrected chi connectivity index (χ1v) is 9.57. The number of Topliss-reactive ketones (excluding diaryl/α,β-unsaturated/α-hetero) is 1. The summed E-state index contributed by atoms with van der Waals surface area (Å²) in [6.45, 7) is 3.82. The number of benzene rings is 2. The summed E-state index contributed by atoms with van der Waals surface area (Å²) in [5.41, 5.74) is 1.85. The summed E-state index contributed by atoms with van der Waals surface area (Å²) in [5.74, 6) is -0.287. The first-order valence-electron chi connectivity index (χ1n) is 8.49. The molecule has 2 atom stereocenters. The Labute approximate surface area is 168 Å². The Balaban J connectivity index is 1.90. The fraction of sp³-hybridized carbons (Fsp3) is 0.333. The highest BCUT2D eigenvalue weighted by atomic mass is 127. The minimum atomic E-state index is -0.467. The molecule has 0 saturated carbocycles. The van der Waals surface area contributed by atoms with E-state index in [1.54, 1.807) is 14.0 Å². The number of rotatable bonds is 8. The summed E-state index contributed by atoms with van der Waals surface area (Å²) < 4.78 is 11.5. The molecular weight excluding hydrogens is 443 g/mol. The zero-order valence-electron chi connectivity index (χ0n) is 15.2. The number of halogens is 1. The average molecular weight is 466 g/mol. The van der Waals surface area contributed by atoms with Crippen LogP contribution in [0, 0.1) is 9.49 Å². The van der Waals surface area contributed by atoms with Crippen molar-refractivity contribution in [2.75, 3.05) is 7.11 Å². The van der Waals surface area contributed by atoms with E-state index in [0.717, 1.165) is 20.4 Å². The summed E-state index contributed by atoms with van der Waals surface area (Å²) in [4.78, 5) is 24.7. The average Bonchev–Trinajstić information content (AvgIpc) is 2.66. The molecule has 0 aliphatic heterocycles. The van der Waals surface area contributed by atoms with Crippen LogP contribution in [0.15, 0.2) is 48.5 Å². The third-order valence-electron chi connectivity index (χ3n) is 4.29. The van der Waals surface area contributed by atoms with Crippen molar-refractivity contribution in [3.8, 4) is 5.75 Å². The number of esters is 1. The molecule has 138 valence electrons. The van der Waals surface area contributed by atoms with Gasteiger partial charge in [-0.3, -0.25) is 9.59 Å². The lowest BCUT2D eigenvalue weighted by molar-refractivity contribution is -0.150. The van der Waals surface area contributed by atoms with E-state index in [4.69, 9.17) is 9.47 Å². The lowest BCUT2D eigenvalue weighted by Crippen LogP contribution is -2.21. The van der Waals surface area contributed by atoms with E-state index in [-0.39, 0.29) is 30.7 Å². The number of ketones is 1. The topological polar surface area (TPSA) is 52.6 Å². The van der Waals surface area contributed by atoms with Gasteiger partial charge in [-0.2, -0.15) is 0 Å². The molecule has 0 radical (unpaired) electrons. The molecule has 2 aromatic rings. The second-order valence-electron chi connectivity index (χ2n) is 6.28. The Morgan fingerprint density at radius 1 is 1.08 bits per heavy atom. The van der Waals surface area contributed by atoms with Crippen molar-refractivity contribution in [1.29, 1.82) is 0 Å². The number of hydrogen-bond donors (Lipinski definition) is 0. The van der Waals surface area contributed by atoms with Crippen LogP contribution >= 0.6 is 22.6 Å². The standard InChI is InChI=1S/C21H23IO4/c1-14(21(24)26-13-16-7-5-4-6-8-16)11-19(23)15(2)17-9-10-20(25-3)18(22)12-17/h4-10,12,14-15H,11,13H2,1-3H3/t14-,15+/m1/s1. The van der Waals surface area contributed by atoms with Gasteiger partial charge in [0.15, 0.2) is 0 Å². The van der Waals surface area contributed by atoms with Gasteiger partial charge in [0.2, 0.25) is 0 Å². The zero-order valence-corrected chi connectivity index (χ0v) is 17.4. The predicted octanol–water partition coefficient (Wildman–Crippen LogP) is 4.74. The smallest absolute Gasteiger partial charge is 0.309 e. The van der Waals surface area contributed by atoms with Gasteiger partial charge in [-0.15, -0.1) is 0 Å². The van der Waals surface area contributed by atoms with Gasteiger partial charge in [-0.25, -0.2) is 0 Å². The van der Waals surface area contributed by atoms with Gasteiger partial charge in [0.1, 0.15) is 18.1 Å². The van der Waals surface area contributed by atoms with Crippen molar-refractivity contribution in [1.82, 2.24) is 0 Å². The molecular formula is C21H23IO4. The molecule has 0 heterocycles. The maximum absolute atomic E-state index is 12.6. The van der Waals surface area contributed by atoms with Crippen LogP contribution in [0.4, 0.5) is 0 Å². The molecule has 5 heteroatoms. The molecule has 0 amide bonds. The first-order chi connectivity index (χ1) is 12.4. The van der Waals surface area contributed by atoms with E-state index in [2.05, 4.69) is 22.6 Å². The molecule has 0 bridgehead atoms. The first kappa shape index (κ1) is 20.4. The van der Waals surface area contributed by atoms with Crippen LogP contribution in [-0.2, 0) is 20.9 Å². The number of carbonyl (C=O) groups excluding carboxylic acids is 2. The molecule has 2 aromatic carbocycles. The van der Waals surface area contributed by atoms with Gasteiger partial charge >= 0.3 is 5.97 Å². The molecule has 26 heavy (non-hydrogen) atoms. The molecule has 0 aliphatic carbocycles. The van der Waals surface area contributed by atoms with Crippen LogP contribution in [0.25, 0.3) is 0 Å². The molecule has 0 aliphatic rings. The normalized spacial score (nSPS) is 12.9. The van der Waals surface area contributed by atoms with Crippen molar-refractivity contribution in [3.05, 3.63) is 63.2 Å². The van der Waals surface area contributed by atoms with Gasteiger partial charge < -0.3 is 9.47 Å². The number of hydrogen-bond acceptors (Lipinski definition) is 4. The lowest BCUT2D eigenvalue weighted by atomic mass is 9.91. The Morgan fingerprint density at radius 2 is 1.77 bits per heavy atom. The largest absolute Gasteiger partial charge is 0.496 e. The minimum Gasteiger partial charge on any atom is -0.496 e. The fourth-order valence-electron chi connectivity index (χ4n) is 2.57. The highest BCUT2D eigenvalue weighted by molar-refractivity contribution is 14.1. The van der Waals surface area contributed by atoms with E-state index < -0.39 is 5.92 Å². The maximum Gasteiger partial charge on any atom is 0.309 e. The van der Waals surface area contributed by atoms with Crippen molar-refractivity contribution in [3.63, 3.8) is 0 Å². The Hall–Kier alpha value is -1.89. The predicted molar refractivity (Wildman–Crippen MR) is 109 cm³/mol. The third-order valence-corrected chi connectivity index (χ3v) is 5.14. The van der Waals surface area contributed by atoms with E-state index in [1.807, 2.05) is 55.5 Å². The van der Waals surface area contributed by atoms with Gasteiger partial charge in [0.25, 0.3) is 0 Å². The van der Waals surface area contributed by atoms with Crippen LogP contribution in [0.1, 0.15) is 37.3 Å². The van der Waals surface area contributed by atoms with Crippen molar-refractivity contribution < 1.29 is 19.1 Å². The molecule has 0 N–H and O–H groups in total. The summed E-state index contributed by atoms with van der Waals surface area (Å²) in [7, 11) is 1.62. The van der Waals surface area contributed by atoms with Crippen LogP contribution < -0.4 is 4.74 Å². The number of carbonyl (C=O) groups is 2. The molecule has 0 saturated heterocycles. The van der Waals surface area contributed by atoms with E-state index in [1.165, 1.54) is 0 Å². The van der Waals surface area contributed by atoms with Gasteiger partial charge in [0, 0.05) is 12.3 Å². The van der Waals surface area contributed by atoms with Gasteiger partial charge in [-0.05, 0) is 45.9 Å². The molecule has 4 nitrogen and oxygen atoms in total. The summed E-state index contributed by atoms with van der Waals surface area (Å²) >= 11 is 2.18. The summed E-state index contributed by atoms with van der Waals surface area (Å²) in [6.07, 6.45) is 0.164. The van der Waals surface area contributed by atoms with E-state index >= 15 is 0 Å². The molecule has 0 spiro atoms. The van der Waals surface area contributed by atoms with Crippen LogP contribution in [0.5, 0.6) is 5.75 Å². The lowest BCUT2D eigenvalue weighted by Gasteiger charge is -2.16. The number of methoxy groups -OCH3 is 1. The zero-order chi connectivity index (χ0) is 19.1. The molecule has 0 aromatic heterocycles. The fourth-order valence-corrected chi connectivity index (χ4v) is 3.33. The summed E-state index contributed by atoms with van der Waals surface area (Å²) in [5, 5.41) is 0. The van der Waals surface area contributed by atoms with Crippen LogP contribution in [0.3, 0.4) is 0 Å². The van der Waals surface area contributed by atoms with E-state index in [0.29, 0.717) is 0 Å². The third kappa shape index (κ3) is 5.56. The highest BCUT2D eigenvalue weighted by Gasteiger charge is 2.23. The van der Waals surface area contributed by atoms with Gasteiger partial charge in [-0.1, -0.05) is 50.2 Å². The van der Waals surface area contributed by atoms with Crippen molar-refractivity contribution in [2.45, 2.75) is 32.8 Å². The highest BCUT2D eigenvalue weighted by Crippen LogP contribution is 2.27. The Bertz CT molecular complexity index is 758. The molecule has 2 rings (SSSR count). The van der Waals surface area contributed by atoms with Crippen LogP contribution in [0.2, 0.25) is 0 Å². The molecule has 0 unspecified atom stereocenters. The maximum atomic E-state index is 12.6. The van der Waals surface area contributed by atoms with Crippen molar-refractivity contribution >= 4 is 34.3 Å².